The highest BCUT2D eigenvalue weighted by atomic mass is 16.7. The molecule has 0 heterocycles. The van der Waals surface area contributed by atoms with Crippen LogP contribution < -0.4 is 0 Å². The Labute approximate surface area is 84.6 Å². The van der Waals surface area contributed by atoms with Crippen LogP contribution in [-0.2, 0) is 14.2 Å². The maximum Gasteiger partial charge on any atom is 0.147 e. The Morgan fingerprint density at radius 1 is 1.29 bits per heavy atom. The van der Waals surface area contributed by atoms with E-state index in [0.29, 0.717) is 19.6 Å². The summed E-state index contributed by atoms with van der Waals surface area (Å²) < 4.78 is 15.0. The molecule has 0 aliphatic rings. The minimum atomic E-state index is -0.604. The van der Waals surface area contributed by atoms with E-state index in [1.54, 1.807) is 14.0 Å². The van der Waals surface area contributed by atoms with Crippen molar-refractivity contribution in [2.24, 2.45) is 0 Å². The summed E-state index contributed by atoms with van der Waals surface area (Å²) in [5.41, 5.74) is 0. The zero-order chi connectivity index (χ0) is 10.8. The van der Waals surface area contributed by atoms with Crippen LogP contribution in [0.1, 0.15) is 13.3 Å². The van der Waals surface area contributed by atoms with Gasteiger partial charge in [-0.1, -0.05) is 0 Å². The number of ether oxygens (including phenoxy) is 3. The Morgan fingerprint density at radius 3 is 2.50 bits per heavy atom. The van der Waals surface area contributed by atoms with Gasteiger partial charge in [0, 0.05) is 13.7 Å². The van der Waals surface area contributed by atoms with Crippen LogP contribution in [0, 0.1) is 0 Å². The third kappa shape index (κ3) is 7.23. The van der Waals surface area contributed by atoms with Crippen LogP contribution in [-0.4, -0.2) is 56.1 Å². The van der Waals surface area contributed by atoms with E-state index >= 15 is 0 Å². The molecule has 0 bridgehead atoms. The highest BCUT2D eigenvalue weighted by molar-refractivity contribution is 4.62. The van der Waals surface area contributed by atoms with Crippen molar-refractivity contribution >= 4 is 0 Å². The number of hydrogen-bond donors (Lipinski definition) is 2. The van der Waals surface area contributed by atoms with Crippen molar-refractivity contribution in [2.45, 2.75) is 25.6 Å². The Kier molecular flexibility index (Phi) is 9.23. The van der Waals surface area contributed by atoms with Gasteiger partial charge in [0.2, 0.25) is 0 Å². The quantitative estimate of drug-likeness (QED) is 0.404. The van der Waals surface area contributed by atoms with E-state index in [2.05, 4.69) is 0 Å². The van der Waals surface area contributed by atoms with Crippen molar-refractivity contribution in [1.29, 1.82) is 0 Å². The molecule has 5 heteroatoms. The molecule has 0 aromatic rings. The molecule has 0 saturated carbocycles. The Hall–Kier alpha value is -0.200. The molecular formula is C9H20O5. The molecule has 0 radical (unpaired) electrons. The predicted octanol–water partition coefficient (Wildman–Crippen LogP) is -0.245. The van der Waals surface area contributed by atoms with E-state index in [-0.39, 0.29) is 19.5 Å². The van der Waals surface area contributed by atoms with Gasteiger partial charge in [0.25, 0.3) is 0 Å². The summed E-state index contributed by atoms with van der Waals surface area (Å²) in [6, 6.07) is 0. The first-order valence-corrected chi connectivity index (χ1v) is 4.69. The third-order valence-electron chi connectivity index (χ3n) is 1.75. The summed E-state index contributed by atoms with van der Waals surface area (Å²) in [4.78, 5) is 0. The van der Waals surface area contributed by atoms with Gasteiger partial charge in [0.1, 0.15) is 6.79 Å². The van der Waals surface area contributed by atoms with Gasteiger partial charge in [-0.25, -0.2) is 0 Å². The zero-order valence-corrected chi connectivity index (χ0v) is 8.81. The van der Waals surface area contributed by atoms with Crippen LogP contribution in [0.4, 0.5) is 0 Å². The van der Waals surface area contributed by atoms with Crippen LogP contribution >= 0.6 is 0 Å². The third-order valence-corrected chi connectivity index (χ3v) is 1.75. The fourth-order valence-electron chi connectivity index (χ4n) is 0.928. The lowest BCUT2D eigenvalue weighted by molar-refractivity contribution is -0.130. The van der Waals surface area contributed by atoms with Gasteiger partial charge >= 0.3 is 0 Å². The van der Waals surface area contributed by atoms with E-state index in [1.807, 2.05) is 0 Å². The lowest BCUT2D eigenvalue weighted by Gasteiger charge is -2.19. The van der Waals surface area contributed by atoms with Crippen molar-refractivity contribution in [3.63, 3.8) is 0 Å². The molecule has 0 aromatic heterocycles. The molecular weight excluding hydrogens is 188 g/mol. The molecule has 14 heavy (non-hydrogen) atoms. The first-order chi connectivity index (χ1) is 6.72. The first-order valence-electron chi connectivity index (χ1n) is 4.69. The van der Waals surface area contributed by atoms with Gasteiger partial charge in [-0.15, -0.1) is 0 Å². The molecule has 5 nitrogen and oxygen atoms in total. The number of methoxy groups -OCH3 is 1. The number of hydrogen-bond acceptors (Lipinski definition) is 5. The van der Waals surface area contributed by atoms with Crippen molar-refractivity contribution < 1.29 is 24.4 Å². The summed E-state index contributed by atoms with van der Waals surface area (Å²) in [6.45, 7) is 2.70. The highest BCUT2D eigenvalue weighted by Gasteiger charge is 2.14. The monoisotopic (exact) mass is 208 g/mol. The molecule has 0 aliphatic heterocycles. The van der Waals surface area contributed by atoms with E-state index in [0.717, 1.165) is 0 Å². The van der Waals surface area contributed by atoms with Crippen LogP contribution in [0.25, 0.3) is 0 Å². The fraction of sp³-hybridized carbons (Fsp3) is 1.00. The molecule has 0 rings (SSSR count). The van der Waals surface area contributed by atoms with Gasteiger partial charge in [-0.2, -0.15) is 0 Å². The van der Waals surface area contributed by atoms with Gasteiger partial charge in [0.05, 0.1) is 25.4 Å². The average molecular weight is 208 g/mol. The molecule has 2 N–H and O–H groups in total. The van der Waals surface area contributed by atoms with Gasteiger partial charge < -0.3 is 24.4 Å². The fourth-order valence-corrected chi connectivity index (χ4v) is 0.928. The molecule has 0 spiro atoms. The van der Waals surface area contributed by atoms with Crippen molar-refractivity contribution in [1.82, 2.24) is 0 Å². The summed E-state index contributed by atoms with van der Waals surface area (Å²) in [5.74, 6) is 0. The van der Waals surface area contributed by atoms with Gasteiger partial charge in [0.15, 0.2) is 0 Å². The summed E-state index contributed by atoms with van der Waals surface area (Å²) >= 11 is 0. The van der Waals surface area contributed by atoms with Gasteiger partial charge in [-0.3, -0.25) is 0 Å². The van der Waals surface area contributed by atoms with E-state index in [1.165, 1.54) is 0 Å². The summed E-state index contributed by atoms with van der Waals surface area (Å²) in [5, 5.41) is 17.9. The molecule has 0 aromatic carbocycles. The van der Waals surface area contributed by atoms with Crippen LogP contribution in [0.5, 0.6) is 0 Å². The van der Waals surface area contributed by atoms with Crippen molar-refractivity contribution in [3.8, 4) is 0 Å². The number of aliphatic hydroxyl groups excluding tert-OH is 2. The average Bonchev–Trinajstić information content (AvgIpc) is 2.15. The molecule has 0 aliphatic carbocycles. The lowest BCUT2D eigenvalue weighted by Crippen LogP contribution is -2.28. The van der Waals surface area contributed by atoms with Crippen LogP contribution in [0.2, 0.25) is 0 Å². The highest BCUT2D eigenvalue weighted by Crippen LogP contribution is 2.03. The topological polar surface area (TPSA) is 68.2 Å². The Morgan fingerprint density at radius 2 is 2.00 bits per heavy atom. The minimum Gasteiger partial charge on any atom is -0.396 e. The molecule has 0 amide bonds. The van der Waals surface area contributed by atoms with Crippen LogP contribution in [0.3, 0.4) is 0 Å². The van der Waals surface area contributed by atoms with Crippen molar-refractivity contribution in [2.75, 3.05) is 33.7 Å². The minimum absolute atomic E-state index is 0.00631. The van der Waals surface area contributed by atoms with E-state index in [9.17, 15) is 5.11 Å². The standard InChI is InChI=1S/C9H20O5/c1-8(11)9(3-4-10)14-7-13-6-5-12-2/h8-11H,3-7H2,1-2H3/t8-,9-/m0/s1. The molecule has 2 atom stereocenters. The maximum atomic E-state index is 9.23. The summed E-state index contributed by atoms with van der Waals surface area (Å²) in [6.07, 6.45) is -0.568. The largest absolute Gasteiger partial charge is 0.396 e. The van der Waals surface area contributed by atoms with Gasteiger partial charge in [-0.05, 0) is 13.3 Å². The zero-order valence-electron chi connectivity index (χ0n) is 8.81. The van der Waals surface area contributed by atoms with E-state index < -0.39 is 6.10 Å². The van der Waals surface area contributed by atoms with Crippen molar-refractivity contribution in [3.05, 3.63) is 0 Å². The second-order valence-corrected chi connectivity index (χ2v) is 2.98. The molecule has 0 unspecified atom stereocenters. The second kappa shape index (κ2) is 9.36. The normalized spacial score (nSPS) is 15.4. The summed E-state index contributed by atoms with van der Waals surface area (Å²) in [7, 11) is 1.59. The number of aliphatic hydroxyl groups is 2. The molecule has 86 valence electrons. The Balaban J connectivity index is 3.41. The predicted molar refractivity (Wildman–Crippen MR) is 51.0 cm³/mol. The number of rotatable bonds is 9. The smallest absolute Gasteiger partial charge is 0.147 e. The maximum absolute atomic E-state index is 9.23. The first kappa shape index (κ1) is 13.8. The van der Waals surface area contributed by atoms with E-state index in [4.69, 9.17) is 19.3 Å². The lowest BCUT2D eigenvalue weighted by atomic mass is 10.2. The second-order valence-electron chi connectivity index (χ2n) is 2.98. The molecule has 0 saturated heterocycles. The van der Waals surface area contributed by atoms with Crippen LogP contribution in [0.15, 0.2) is 0 Å². The Bertz CT molecular complexity index is 118. The SMILES string of the molecule is COCCOCO[C@@H](CCO)[C@H](C)O. The molecule has 0 fully saturated rings.